The molecule has 1 saturated carbocycles. The van der Waals surface area contributed by atoms with Gasteiger partial charge >= 0.3 is 11.9 Å². The van der Waals surface area contributed by atoms with E-state index in [0.717, 1.165) is 18.6 Å². The molecule has 2 aliphatic rings. The summed E-state index contributed by atoms with van der Waals surface area (Å²) < 4.78 is 74.6. The highest BCUT2D eigenvalue weighted by Crippen LogP contribution is 2.60. The SMILES string of the molecule is CC[C@H](OC)[C@@H](C)CC1CC1(C)C(NS(=O)(=O)c1ccc(F)c(F)c1)C(C)(O)/C=C/C=C(\C)[C@H]1OC(=O)C[C@H](O)CC[C@@](C)(O)[C@@H](OC(C)=O)/C=C/[C@@H]1C. The molecule has 0 amide bonds. The van der Waals surface area contributed by atoms with Crippen LogP contribution in [0.1, 0.15) is 93.9 Å². The zero-order valence-corrected chi connectivity index (χ0v) is 33.7. The van der Waals surface area contributed by atoms with Gasteiger partial charge in [-0.25, -0.2) is 21.9 Å². The number of hydrogen-bond acceptors (Lipinski definition) is 10. The van der Waals surface area contributed by atoms with Gasteiger partial charge < -0.3 is 29.5 Å². The molecule has 11 atom stereocenters. The number of ether oxygens (including phenoxy) is 3. The molecule has 0 saturated heterocycles. The Hall–Kier alpha value is -3.01. The molecule has 1 aromatic carbocycles. The lowest BCUT2D eigenvalue weighted by Crippen LogP contribution is -2.55. The van der Waals surface area contributed by atoms with Crippen LogP contribution in [0.3, 0.4) is 0 Å². The first-order valence-electron chi connectivity index (χ1n) is 18.5. The molecule has 0 radical (unpaired) electrons. The monoisotopic (exact) mass is 783 g/mol. The molecule has 4 unspecified atom stereocenters. The Morgan fingerprint density at radius 1 is 1.20 bits per heavy atom. The van der Waals surface area contributed by atoms with Gasteiger partial charge in [-0.1, -0.05) is 52.0 Å². The number of nitrogens with one attached hydrogen (secondary N) is 1. The lowest BCUT2D eigenvalue weighted by Gasteiger charge is -2.37. The average Bonchev–Trinajstić information content (AvgIpc) is 3.72. The lowest BCUT2D eigenvalue weighted by molar-refractivity contribution is -0.157. The van der Waals surface area contributed by atoms with Crippen LogP contribution in [0.25, 0.3) is 0 Å². The third kappa shape index (κ3) is 11.8. The molecule has 14 heteroatoms. The van der Waals surface area contributed by atoms with Crippen molar-refractivity contribution in [1.29, 1.82) is 0 Å². The Balaban J connectivity index is 1.98. The summed E-state index contributed by atoms with van der Waals surface area (Å²) in [5.74, 6) is -4.15. The maximum atomic E-state index is 14.1. The van der Waals surface area contributed by atoms with Crippen LogP contribution < -0.4 is 4.72 Å². The normalized spacial score (nSPS) is 32.0. The molecule has 0 spiro atoms. The smallest absolute Gasteiger partial charge is 0.309 e. The Bertz CT molecular complexity index is 1670. The number of esters is 2. The Kier molecular flexibility index (Phi) is 15.4. The fourth-order valence-corrected chi connectivity index (χ4v) is 9.04. The van der Waals surface area contributed by atoms with Crippen molar-refractivity contribution in [2.75, 3.05) is 7.11 Å². The van der Waals surface area contributed by atoms with Gasteiger partial charge in [0.05, 0.1) is 35.2 Å². The summed E-state index contributed by atoms with van der Waals surface area (Å²) in [6.07, 6.45) is 6.55. The van der Waals surface area contributed by atoms with Crippen LogP contribution >= 0.6 is 0 Å². The molecule has 4 N–H and O–H groups in total. The van der Waals surface area contributed by atoms with Gasteiger partial charge in [0.2, 0.25) is 10.0 Å². The predicted molar refractivity (Wildman–Crippen MR) is 199 cm³/mol. The number of hydrogen-bond donors (Lipinski definition) is 4. The second-order valence-corrected chi connectivity index (χ2v) is 17.6. The number of carbonyl (C=O) groups is 2. The second kappa shape index (κ2) is 18.3. The summed E-state index contributed by atoms with van der Waals surface area (Å²) in [6, 6.07) is 1.18. The van der Waals surface area contributed by atoms with Crippen molar-refractivity contribution in [2.45, 2.75) is 140 Å². The van der Waals surface area contributed by atoms with Crippen LogP contribution in [0, 0.1) is 34.8 Å². The molecule has 54 heavy (non-hydrogen) atoms. The van der Waals surface area contributed by atoms with Crippen molar-refractivity contribution in [2.24, 2.45) is 23.2 Å². The van der Waals surface area contributed by atoms with Crippen LogP contribution in [0.4, 0.5) is 8.78 Å². The molecule has 1 fully saturated rings. The van der Waals surface area contributed by atoms with Gasteiger partial charge in [0, 0.05) is 20.0 Å². The summed E-state index contributed by atoms with van der Waals surface area (Å²) in [5, 5.41) is 33.6. The molecule has 0 bridgehead atoms. The number of methoxy groups -OCH3 is 1. The van der Waals surface area contributed by atoms with Gasteiger partial charge in [-0.05, 0) is 100.0 Å². The maximum absolute atomic E-state index is 14.1. The molecular formula is C40H59F2NO10S. The Morgan fingerprint density at radius 2 is 1.87 bits per heavy atom. The summed E-state index contributed by atoms with van der Waals surface area (Å²) in [4.78, 5) is 24.3. The van der Waals surface area contributed by atoms with E-state index in [9.17, 15) is 42.1 Å². The van der Waals surface area contributed by atoms with E-state index in [1.165, 1.54) is 39.0 Å². The first-order valence-corrected chi connectivity index (χ1v) is 20.0. The second-order valence-electron chi connectivity index (χ2n) is 15.9. The lowest BCUT2D eigenvalue weighted by atomic mass is 9.81. The molecule has 0 aromatic heterocycles. The minimum absolute atomic E-state index is 0.00159. The van der Waals surface area contributed by atoms with E-state index >= 15 is 0 Å². The topological polar surface area (TPSA) is 169 Å². The maximum Gasteiger partial charge on any atom is 0.309 e. The number of allylic oxidation sites excluding steroid dienone is 2. The van der Waals surface area contributed by atoms with E-state index in [0.29, 0.717) is 24.5 Å². The van der Waals surface area contributed by atoms with Gasteiger partial charge in [0.15, 0.2) is 11.6 Å². The minimum Gasteiger partial charge on any atom is -0.457 e. The van der Waals surface area contributed by atoms with E-state index in [2.05, 4.69) is 11.6 Å². The highest BCUT2D eigenvalue weighted by atomic mass is 32.2. The molecule has 11 nitrogen and oxygen atoms in total. The highest BCUT2D eigenvalue weighted by Gasteiger charge is 2.60. The summed E-state index contributed by atoms with van der Waals surface area (Å²) in [5.41, 5.74) is -3.55. The minimum atomic E-state index is -4.44. The number of cyclic esters (lactones) is 1. The van der Waals surface area contributed by atoms with Crippen LogP contribution in [-0.2, 0) is 33.8 Å². The third-order valence-corrected chi connectivity index (χ3v) is 12.5. The van der Waals surface area contributed by atoms with E-state index in [4.69, 9.17) is 14.2 Å². The number of halogens is 2. The predicted octanol–water partition coefficient (Wildman–Crippen LogP) is 5.67. The first-order chi connectivity index (χ1) is 25.0. The number of sulfonamides is 1. The van der Waals surface area contributed by atoms with E-state index in [-0.39, 0.29) is 37.2 Å². The molecule has 1 aromatic rings. The van der Waals surface area contributed by atoms with Gasteiger partial charge in [0.25, 0.3) is 0 Å². The quantitative estimate of drug-likeness (QED) is 0.105. The molecule has 1 aliphatic heterocycles. The van der Waals surface area contributed by atoms with Crippen molar-refractivity contribution in [3.63, 3.8) is 0 Å². The van der Waals surface area contributed by atoms with Crippen molar-refractivity contribution < 1.29 is 56.3 Å². The van der Waals surface area contributed by atoms with Gasteiger partial charge in [-0.3, -0.25) is 9.59 Å². The van der Waals surface area contributed by atoms with Crippen molar-refractivity contribution in [3.8, 4) is 0 Å². The standard InChI is InChI=1S/C40H59F2NO10S/c1-10-33(51-9)26(4)20-28-23-38(28,6)37(43-54(49,50)30-14-15-31(41)32(42)22-30)40(8,48)18-11-12-24(2)36-25(3)13-16-34(52-27(5)44)39(7,47)19-17-29(45)21-35(46)53-36/h11-16,18,22,25-26,28-29,33-34,36-37,43,45,47-48H,10,17,19-21,23H2,1-9H3/b16-13+,18-11+,24-12+/t25-,26-,28?,29+,33-,34-,36+,37?,38?,39+,40?/m0/s1. The summed E-state index contributed by atoms with van der Waals surface area (Å²) in [7, 11) is -2.80. The summed E-state index contributed by atoms with van der Waals surface area (Å²) >= 11 is 0. The average molecular weight is 784 g/mol. The third-order valence-electron chi connectivity index (χ3n) is 11.0. The zero-order valence-electron chi connectivity index (χ0n) is 32.8. The van der Waals surface area contributed by atoms with E-state index < -0.39 is 85.4 Å². The van der Waals surface area contributed by atoms with Gasteiger partial charge in [0.1, 0.15) is 17.8 Å². The van der Waals surface area contributed by atoms with Gasteiger partial charge in [-0.2, -0.15) is 0 Å². The Morgan fingerprint density at radius 3 is 2.46 bits per heavy atom. The molecule has 3 rings (SSSR count). The van der Waals surface area contributed by atoms with Crippen molar-refractivity contribution in [1.82, 2.24) is 4.72 Å². The van der Waals surface area contributed by atoms with Crippen LogP contribution in [0.2, 0.25) is 0 Å². The number of carbonyl (C=O) groups excluding carboxylic acids is 2. The Labute approximate surface area is 318 Å². The molecule has 1 heterocycles. The molecule has 304 valence electrons. The van der Waals surface area contributed by atoms with E-state index in [1.807, 2.05) is 13.8 Å². The zero-order chi connectivity index (χ0) is 40.8. The van der Waals surface area contributed by atoms with Crippen LogP contribution in [0.5, 0.6) is 0 Å². The van der Waals surface area contributed by atoms with Crippen LogP contribution in [0.15, 0.2) is 59.0 Å². The largest absolute Gasteiger partial charge is 0.457 e. The fourth-order valence-electron chi connectivity index (χ4n) is 7.58. The molecule has 1 aliphatic carbocycles. The number of rotatable bonds is 14. The number of aliphatic hydroxyl groups is 3. The van der Waals surface area contributed by atoms with Crippen molar-refractivity contribution >= 4 is 22.0 Å². The van der Waals surface area contributed by atoms with E-state index in [1.54, 1.807) is 33.1 Å². The number of benzene rings is 1. The summed E-state index contributed by atoms with van der Waals surface area (Å²) in [6.45, 7) is 13.6. The van der Waals surface area contributed by atoms with Gasteiger partial charge in [-0.15, -0.1) is 0 Å². The van der Waals surface area contributed by atoms with Crippen LogP contribution in [-0.4, -0.2) is 84.4 Å². The van der Waals surface area contributed by atoms with Crippen molar-refractivity contribution in [3.05, 3.63) is 65.8 Å². The fraction of sp³-hybridized carbons (Fsp3) is 0.650. The molecular weight excluding hydrogens is 724 g/mol. The highest BCUT2D eigenvalue weighted by molar-refractivity contribution is 7.89. The number of aliphatic hydroxyl groups excluding tert-OH is 1. The first kappa shape index (κ1) is 45.4.